The molecule has 1 aliphatic carbocycles. The van der Waals surface area contributed by atoms with Crippen LogP contribution in [0.15, 0.2) is 9.59 Å². The van der Waals surface area contributed by atoms with Crippen molar-refractivity contribution in [2.45, 2.75) is 32.7 Å². The SMILES string of the molecule is Cc1c(Cl)[nH]c(=O)n(CC2CCC2)c1=O. The van der Waals surface area contributed by atoms with Crippen molar-refractivity contribution in [1.29, 1.82) is 0 Å². The van der Waals surface area contributed by atoms with Gasteiger partial charge in [-0.2, -0.15) is 0 Å². The van der Waals surface area contributed by atoms with E-state index in [1.807, 2.05) is 0 Å². The number of H-pyrrole nitrogens is 1. The summed E-state index contributed by atoms with van der Waals surface area (Å²) >= 11 is 5.71. The topological polar surface area (TPSA) is 54.9 Å². The van der Waals surface area contributed by atoms with Crippen LogP contribution < -0.4 is 11.2 Å². The molecule has 5 heteroatoms. The van der Waals surface area contributed by atoms with Crippen molar-refractivity contribution in [2.75, 3.05) is 0 Å². The predicted molar refractivity (Wildman–Crippen MR) is 58.4 cm³/mol. The minimum Gasteiger partial charge on any atom is -0.297 e. The van der Waals surface area contributed by atoms with Crippen LogP contribution in [0.25, 0.3) is 0 Å². The van der Waals surface area contributed by atoms with Gasteiger partial charge in [-0.1, -0.05) is 18.0 Å². The Hall–Kier alpha value is -1.03. The maximum absolute atomic E-state index is 11.7. The molecule has 0 spiro atoms. The van der Waals surface area contributed by atoms with Gasteiger partial charge in [0.1, 0.15) is 5.15 Å². The fourth-order valence-corrected chi connectivity index (χ4v) is 1.90. The first-order valence-corrected chi connectivity index (χ1v) is 5.46. The number of nitrogens with one attached hydrogen (secondary N) is 1. The molecular weight excluding hydrogens is 216 g/mol. The molecule has 0 amide bonds. The summed E-state index contributed by atoms with van der Waals surface area (Å²) < 4.78 is 1.25. The molecule has 82 valence electrons. The molecular formula is C10H13ClN2O2. The van der Waals surface area contributed by atoms with Crippen molar-refractivity contribution in [3.63, 3.8) is 0 Å². The maximum Gasteiger partial charge on any atom is 0.329 e. The highest BCUT2D eigenvalue weighted by atomic mass is 35.5. The summed E-state index contributed by atoms with van der Waals surface area (Å²) in [7, 11) is 0. The molecule has 4 nitrogen and oxygen atoms in total. The van der Waals surface area contributed by atoms with Crippen LogP contribution in [0.4, 0.5) is 0 Å². The molecule has 0 bridgehead atoms. The van der Waals surface area contributed by atoms with Crippen molar-refractivity contribution in [1.82, 2.24) is 9.55 Å². The number of rotatable bonds is 2. The van der Waals surface area contributed by atoms with Crippen LogP contribution in [-0.2, 0) is 6.54 Å². The first-order valence-electron chi connectivity index (χ1n) is 5.09. The number of aromatic nitrogens is 2. The van der Waals surface area contributed by atoms with Crippen molar-refractivity contribution >= 4 is 11.6 Å². The lowest BCUT2D eigenvalue weighted by molar-refractivity contribution is 0.269. The smallest absolute Gasteiger partial charge is 0.297 e. The third-order valence-corrected chi connectivity index (χ3v) is 3.40. The van der Waals surface area contributed by atoms with Crippen LogP contribution in [-0.4, -0.2) is 9.55 Å². The molecule has 1 N–H and O–H groups in total. The Balaban J connectivity index is 2.41. The highest BCUT2D eigenvalue weighted by Gasteiger charge is 2.20. The molecule has 2 rings (SSSR count). The Labute approximate surface area is 91.9 Å². The predicted octanol–water partition coefficient (Wildman–Crippen LogP) is 1.30. The van der Waals surface area contributed by atoms with Gasteiger partial charge in [-0.25, -0.2) is 4.79 Å². The first kappa shape index (κ1) is 10.5. The Morgan fingerprint density at radius 3 is 2.67 bits per heavy atom. The van der Waals surface area contributed by atoms with E-state index in [9.17, 15) is 9.59 Å². The molecule has 1 saturated carbocycles. The van der Waals surface area contributed by atoms with E-state index in [0.29, 0.717) is 18.0 Å². The van der Waals surface area contributed by atoms with E-state index in [-0.39, 0.29) is 10.7 Å². The second-order valence-corrected chi connectivity index (χ2v) is 4.46. The highest BCUT2D eigenvalue weighted by molar-refractivity contribution is 6.30. The zero-order valence-electron chi connectivity index (χ0n) is 8.55. The Morgan fingerprint density at radius 2 is 2.13 bits per heavy atom. The van der Waals surface area contributed by atoms with E-state index in [0.717, 1.165) is 12.8 Å². The molecule has 0 atom stereocenters. The van der Waals surface area contributed by atoms with E-state index in [4.69, 9.17) is 11.6 Å². The van der Waals surface area contributed by atoms with Gasteiger partial charge < -0.3 is 0 Å². The van der Waals surface area contributed by atoms with E-state index >= 15 is 0 Å². The molecule has 1 aliphatic rings. The number of hydrogen-bond acceptors (Lipinski definition) is 2. The zero-order valence-corrected chi connectivity index (χ0v) is 9.30. The summed E-state index contributed by atoms with van der Waals surface area (Å²) in [6.07, 6.45) is 3.41. The van der Waals surface area contributed by atoms with Gasteiger partial charge in [0, 0.05) is 12.1 Å². The molecule has 0 saturated heterocycles. The fourth-order valence-electron chi connectivity index (χ4n) is 1.74. The van der Waals surface area contributed by atoms with Gasteiger partial charge in [0.15, 0.2) is 0 Å². The summed E-state index contributed by atoms with van der Waals surface area (Å²) in [6.45, 7) is 2.14. The Kier molecular flexibility index (Phi) is 2.69. The van der Waals surface area contributed by atoms with Gasteiger partial charge in [-0.3, -0.25) is 14.3 Å². The van der Waals surface area contributed by atoms with Crippen LogP contribution in [0, 0.1) is 12.8 Å². The second kappa shape index (κ2) is 3.85. The third kappa shape index (κ3) is 1.86. The monoisotopic (exact) mass is 228 g/mol. The molecule has 1 aromatic rings. The Morgan fingerprint density at radius 1 is 1.47 bits per heavy atom. The quantitative estimate of drug-likeness (QED) is 0.776. The van der Waals surface area contributed by atoms with Crippen molar-refractivity contribution in [3.05, 3.63) is 31.6 Å². The van der Waals surface area contributed by atoms with Crippen molar-refractivity contribution in [3.8, 4) is 0 Å². The average molecular weight is 229 g/mol. The van der Waals surface area contributed by atoms with E-state index in [1.54, 1.807) is 6.92 Å². The maximum atomic E-state index is 11.7. The molecule has 15 heavy (non-hydrogen) atoms. The summed E-state index contributed by atoms with van der Waals surface area (Å²) in [6, 6.07) is 0. The van der Waals surface area contributed by atoms with E-state index in [2.05, 4.69) is 4.98 Å². The lowest BCUT2D eigenvalue weighted by atomic mass is 9.85. The molecule has 1 heterocycles. The summed E-state index contributed by atoms with van der Waals surface area (Å²) in [4.78, 5) is 25.7. The summed E-state index contributed by atoms with van der Waals surface area (Å²) in [5.41, 5.74) is -0.256. The lowest BCUT2D eigenvalue weighted by Gasteiger charge is -2.25. The van der Waals surface area contributed by atoms with Gasteiger partial charge in [0.05, 0.1) is 0 Å². The molecule has 0 radical (unpaired) electrons. The van der Waals surface area contributed by atoms with Gasteiger partial charge >= 0.3 is 5.69 Å². The highest BCUT2D eigenvalue weighted by Crippen LogP contribution is 2.26. The Bertz CT molecular complexity index is 485. The molecule has 0 unspecified atom stereocenters. The minimum atomic E-state index is -0.400. The molecule has 1 aromatic heterocycles. The molecule has 0 aliphatic heterocycles. The molecule has 0 aromatic carbocycles. The second-order valence-electron chi connectivity index (χ2n) is 4.08. The molecule has 1 fully saturated rings. The number of halogens is 1. The average Bonchev–Trinajstić information content (AvgIpc) is 2.11. The third-order valence-electron chi connectivity index (χ3n) is 3.02. The van der Waals surface area contributed by atoms with Crippen molar-refractivity contribution < 1.29 is 0 Å². The number of hydrogen-bond donors (Lipinski definition) is 1. The number of aromatic amines is 1. The van der Waals surface area contributed by atoms with Crippen LogP contribution >= 0.6 is 11.6 Å². The van der Waals surface area contributed by atoms with Crippen LogP contribution in [0.1, 0.15) is 24.8 Å². The van der Waals surface area contributed by atoms with Gasteiger partial charge in [-0.15, -0.1) is 0 Å². The number of nitrogens with zero attached hydrogens (tertiary/aromatic N) is 1. The minimum absolute atomic E-state index is 0.148. The zero-order chi connectivity index (χ0) is 11.0. The first-order chi connectivity index (χ1) is 7.09. The van der Waals surface area contributed by atoms with Crippen LogP contribution in [0.2, 0.25) is 5.15 Å². The normalized spacial score (nSPS) is 16.4. The van der Waals surface area contributed by atoms with E-state index < -0.39 is 5.69 Å². The van der Waals surface area contributed by atoms with Gasteiger partial charge in [0.2, 0.25) is 0 Å². The summed E-state index contributed by atoms with van der Waals surface area (Å²) in [5.74, 6) is 0.476. The largest absolute Gasteiger partial charge is 0.329 e. The lowest BCUT2D eigenvalue weighted by Crippen LogP contribution is -2.39. The van der Waals surface area contributed by atoms with Gasteiger partial charge in [-0.05, 0) is 25.7 Å². The van der Waals surface area contributed by atoms with Crippen molar-refractivity contribution in [2.24, 2.45) is 5.92 Å². The summed E-state index contributed by atoms with van der Waals surface area (Å²) in [5, 5.41) is 0.148. The van der Waals surface area contributed by atoms with Crippen LogP contribution in [0.3, 0.4) is 0 Å². The van der Waals surface area contributed by atoms with E-state index in [1.165, 1.54) is 11.0 Å². The van der Waals surface area contributed by atoms with Gasteiger partial charge in [0.25, 0.3) is 5.56 Å². The fraction of sp³-hybridized carbons (Fsp3) is 0.600. The van der Waals surface area contributed by atoms with Crippen LogP contribution in [0.5, 0.6) is 0 Å². The standard InChI is InChI=1S/C10H13ClN2O2/c1-6-8(11)12-10(15)13(9(6)14)5-7-3-2-4-7/h7H,2-5H2,1H3,(H,12,15).